The van der Waals surface area contributed by atoms with Gasteiger partial charge in [0, 0.05) is 130 Å². The van der Waals surface area contributed by atoms with Gasteiger partial charge in [0.15, 0.2) is 0 Å². The van der Waals surface area contributed by atoms with Crippen molar-refractivity contribution in [2.45, 2.75) is 175 Å². The monoisotopic (exact) mass is 1930 g/mol. The van der Waals surface area contributed by atoms with Gasteiger partial charge in [-0.15, -0.1) is 0 Å². The number of imide groups is 3. The summed E-state index contributed by atoms with van der Waals surface area (Å²) in [4.78, 5) is 213. The molecule has 0 radical (unpaired) electrons. The molecule has 8 aromatic rings. The van der Waals surface area contributed by atoms with Crippen LogP contribution in [0.25, 0.3) is 33.1 Å². The van der Waals surface area contributed by atoms with E-state index < -0.39 is 98.3 Å². The number of nitrogens with one attached hydrogen (secondary N) is 4. The minimum absolute atomic E-state index is 0. The number of imidazole rings is 3. The highest BCUT2D eigenvalue weighted by Crippen LogP contribution is 2.29. The second-order valence-corrected chi connectivity index (χ2v) is 33.5. The molecule has 9 amide bonds. The van der Waals surface area contributed by atoms with Crippen LogP contribution in [-0.2, 0) is 107 Å². The van der Waals surface area contributed by atoms with Gasteiger partial charge in [-0.05, 0) is 179 Å². The Morgan fingerprint density at radius 2 is 0.793 bits per heavy atom. The number of amides is 9. The Hall–Kier alpha value is -13.8. The van der Waals surface area contributed by atoms with Gasteiger partial charge in [0.05, 0.1) is 62.6 Å². The maximum Gasteiger partial charge on any atom is 0.513 e. The first-order valence-corrected chi connectivity index (χ1v) is 42.1. The van der Waals surface area contributed by atoms with Crippen LogP contribution in [-0.4, -0.2) is 232 Å². The lowest BCUT2D eigenvalue weighted by Gasteiger charge is -2.24. The number of fused-ring (bicyclic) bond motifs is 3. The summed E-state index contributed by atoms with van der Waals surface area (Å²) in [5.41, 5.74) is 8.41. The lowest BCUT2D eigenvalue weighted by atomic mass is 10.1. The smallest absolute Gasteiger partial charge is 0.464 e. The number of nitrogens with zero attached hydrogens (tertiary/aromatic N) is 11. The van der Waals surface area contributed by atoms with Crippen molar-refractivity contribution in [3.8, 4) is 11.5 Å². The van der Waals surface area contributed by atoms with Crippen molar-refractivity contribution >= 4 is 143 Å². The van der Waals surface area contributed by atoms with E-state index >= 15 is 0 Å². The number of nitrogens with two attached hydrogens (primary N) is 1. The maximum atomic E-state index is 12.8. The number of aryl methyl sites for hydroxylation is 5. The number of non-ortho nitro benzene ring substituents is 2. The number of rotatable bonds is 25. The number of aliphatic hydroxyl groups excluding tert-OH is 1. The highest BCUT2D eigenvalue weighted by molar-refractivity contribution is 6.92. The van der Waals surface area contributed by atoms with Gasteiger partial charge in [-0.3, -0.25) is 102 Å². The van der Waals surface area contributed by atoms with Crippen molar-refractivity contribution in [2.75, 3.05) is 80.8 Å². The molecule has 4 atom stereocenters. The molecule has 738 valence electrons. The number of ether oxygens (including phenoxy) is 8. The number of nitro groups is 2. The van der Waals surface area contributed by atoms with Crippen molar-refractivity contribution in [2.24, 2.45) is 26.9 Å². The Balaban J connectivity index is 0.000000349. The number of carbonyl (C=O) groups excluding carboxylic acids is 13. The molecule has 3 aromatic heterocycles. The SMILES string of the molecule is C.CN(CCO)C(=O)OC(C)(C)C.CN(CCOC(=O)CCc1ccc2c(c1)n(C)c(=O)n2C1CCC(=O)NC1=O)C(=O)OC(C)(C)C.CN(CCOC(=O)Oc1ccc([N+](=O)[O-])cc1)C(=O)OC(C)(C)C.CNCCOC(=O)CCc1ccc2c(c1)n(C)c(=O)n2C1CCC(=O)NC1=O.Cn1c(=O)n(C2CCC(=O)NC2=O)c2ccc(CN)cc21.O=C(Cl)Oc1ccc([N+](=O)[O-])cc1.P. The van der Waals surface area contributed by atoms with Crippen LogP contribution in [0.2, 0.25) is 0 Å². The van der Waals surface area contributed by atoms with Crippen molar-refractivity contribution < 1.29 is 115 Å². The number of nitro benzene ring substituents is 2. The zero-order chi connectivity index (χ0) is 99.3. The number of esters is 2. The van der Waals surface area contributed by atoms with Crippen molar-refractivity contribution in [1.82, 2.24) is 63.4 Å². The van der Waals surface area contributed by atoms with Crippen LogP contribution >= 0.6 is 21.5 Å². The zero-order valence-corrected chi connectivity index (χ0v) is 79.6. The van der Waals surface area contributed by atoms with Crippen LogP contribution in [0.15, 0.2) is 118 Å². The van der Waals surface area contributed by atoms with Gasteiger partial charge in [-0.2, -0.15) is 9.90 Å². The number of hydrogen-bond donors (Lipinski definition) is 6. The standard InChI is InChI=1S/C24H32N4O7.C19H24N4O5.C15H20N2O7.C14H16N4O3.C8H17NO3.C7H4ClNO4.CH4.H3P/c1-24(2,3)35-23(33)26(4)12-13-34-20(30)11-7-15-6-8-16-18(14-15)27(5)22(32)28(16)17-9-10-19(29)25-21(17)31;1-20-9-10-28-17(25)8-4-12-3-5-13-15(11-12)22(2)19(27)23(13)14-6-7-16(24)21-18(14)26;1-15(2,3)24-13(18)16(4)9-10-22-14(19)23-12-7-5-11(6-8-12)17(20)21;1-17-11-6-8(7-15)2-3-9(11)18(14(17)21)10-4-5-12(19)16-13(10)20;1-8(2,3)12-7(11)9(4)5-6-10;8-7(10)13-6-3-1-5(2-4-6)9(11)12;;/h6,8,14,17H,7,9-13H2,1-5H3,(H,25,29,31);3,5,11,14,20H,4,6-10H2,1-2H3,(H,21,24,26);5-8H,9-10H2,1-4H3;2-3,6,10H,4-5,7,15H2,1H3,(H,16,19,20);10H,5-6H2,1-4H3;1-4H;1H4;1H3. The topological polar surface area (TPSA) is 567 Å². The summed E-state index contributed by atoms with van der Waals surface area (Å²) in [5.74, 6) is -2.72. The van der Waals surface area contributed by atoms with E-state index in [-0.39, 0.29) is 152 Å². The Labute approximate surface area is 784 Å². The molecule has 47 heteroatoms. The number of halogens is 1. The van der Waals surface area contributed by atoms with Crippen LogP contribution in [0.1, 0.15) is 156 Å². The second kappa shape index (κ2) is 52.0. The number of aromatic nitrogens is 6. The zero-order valence-electron chi connectivity index (χ0n) is 77.4. The fourth-order valence-corrected chi connectivity index (χ4v) is 12.8. The van der Waals surface area contributed by atoms with Crippen molar-refractivity contribution in [1.29, 1.82) is 0 Å². The lowest BCUT2D eigenvalue weighted by Crippen LogP contribution is -2.44. The Morgan fingerprint density at radius 3 is 1.10 bits per heavy atom. The molecule has 6 heterocycles. The minimum atomic E-state index is -0.978. The first kappa shape index (κ1) is 114. The predicted octanol–water partition coefficient (Wildman–Crippen LogP) is 8.30. The van der Waals surface area contributed by atoms with E-state index in [1.54, 1.807) is 129 Å². The van der Waals surface area contributed by atoms with E-state index in [2.05, 4.69) is 26.0 Å². The van der Waals surface area contributed by atoms with E-state index in [1.807, 2.05) is 30.3 Å². The first-order valence-electron chi connectivity index (χ1n) is 41.8. The molecule has 3 fully saturated rings. The minimum Gasteiger partial charge on any atom is -0.464 e. The maximum absolute atomic E-state index is 12.8. The number of benzene rings is 5. The Bertz CT molecular complexity index is 5760. The number of aliphatic hydroxyl groups is 1. The summed E-state index contributed by atoms with van der Waals surface area (Å²) in [5, 5.41) is 39.0. The third-order valence-corrected chi connectivity index (χ3v) is 19.6. The summed E-state index contributed by atoms with van der Waals surface area (Å²) in [6, 6.07) is 24.2. The fraction of sp³-hybridized carbons (Fsp3) is 0.477. The number of carbonyl (C=O) groups is 13. The Kier molecular flexibility index (Phi) is 43.8. The quantitative estimate of drug-likeness (QED) is 0.00360. The van der Waals surface area contributed by atoms with Crippen molar-refractivity contribution in [3.05, 3.63) is 172 Å². The second-order valence-electron chi connectivity index (χ2n) is 33.2. The third kappa shape index (κ3) is 35.0. The van der Waals surface area contributed by atoms with Gasteiger partial charge in [0.25, 0.3) is 11.4 Å². The van der Waals surface area contributed by atoms with Crippen LogP contribution in [0, 0.1) is 20.2 Å². The normalized spacial score (nSPS) is 14.5. The molecular formula is C88H120ClN16O29P. The average Bonchev–Trinajstić information content (AvgIpc) is 1.62. The molecule has 0 aliphatic carbocycles. The van der Waals surface area contributed by atoms with Gasteiger partial charge in [0.1, 0.15) is 66.2 Å². The molecule has 45 nitrogen and oxygen atoms in total. The molecule has 11 rings (SSSR count). The number of piperidine rings is 3. The molecule has 3 saturated heterocycles. The van der Waals surface area contributed by atoms with Crippen LogP contribution in [0.3, 0.4) is 0 Å². The molecule has 0 saturated carbocycles. The summed E-state index contributed by atoms with van der Waals surface area (Å²) < 4.78 is 48.6. The summed E-state index contributed by atoms with van der Waals surface area (Å²) in [7, 11) is 11.4. The molecule has 3 aliphatic heterocycles. The van der Waals surface area contributed by atoms with Gasteiger partial charge in [-0.1, -0.05) is 25.6 Å². The highest BCUT2D eigenvalue weighted by atomic mass is 35.5. The lowest BCUT2D eigenvalue weighted by molar-refractivity contribution is -0.385. The van der Waals surface area contributed by atoms with Gasteiger partial charge in [0.2, 0.25) is 35.4 Å². The Morgan fingerprint density at radius 1 is 0.481 bits per heavy atom. The summed E-state index contributed by atoms with van der Waals surface area (Å²) in [6.45, 7) is 17.9. The summed E-state index contributed by atoms with van der Waals surface area (Å²) >= 11 is 4.92. The third-order valence-electron chi connectivity index (χ3n) is 19.5. The molecule has 135 heavy (non-hydrogen) atoms. The summed E-state index contributed by atoms with van der Waals surface area (Å²) in [6.07, 6.45) is 0.373. The molecule has 0 bridgehead atoms. The molecule has 3 aliphatic rings. The van der Waals surface area contributed by atoms with Crippen LogP contribution in [0.5, 0.6) is 11.5 Å². The van der Waals surface area contributed by atoms with Gasteiger partial charge in [-0.25, -0.2) is 38.4 Å². The van der Waals surface area contributed by atoms with Crippen LogP contribution in [0.4, 0.5) is 35.3 Å². The number of likely N-dealkylation sites (N-methyl/N-ethyl adjacent to an activating group) is 4. The van der Waals surface area contributed by atoms with E-state index in [0.29, 0.717) is 79.5 Å². The van der Waals surface area contributed by atoms with Crippen LogP contribution < -0.4 is 53.5 Å². The van der Waals surface area contributed by atoms with E-state index in [1.165, 1.54) is 97.7 Å². The average molecular weight is 1930 g/mol. The first-order chi connectivity index (χ1) is 62.3. The van der Waals surface area contributed by atoms with E-state index in [0.717, 1.165) is 22.2 Å². The highest BCUT2D eigenvalue weighted by Gasteiger charge is 2.35. The predicted molar refractivity (Wildman–Crippen MR) is 498 cm³/mol. The molecule has 0 spiro atoms. The molecule has 5 aromatic carbocycles. The largest absolute Gasteiger partial charge is 0.513 e. The molecule has 4 unspecified atom stereocenters. The van der Waals surface area contributed by atoms with E-state index in [9.17, 15) is 96.9 Å². The van der Waals surface area contributed by atoms with Crippen molar-refractivity contribution in [3.63, 3.8) is 0 Å². The van der Waals surface area contributed by atoms with Gasteiger partial charge < -0.3 is 68.8 Å². The van der Waals surface area contributed by atoms with Gasteiger partial charge >= 0.3 is 58.9 Å². The van der Waals surface area contributed by atoms with E-state index in [4.69, 9.17) is 55.6 Å². The number of hydrogen-bond acceptors (Lipinski definition) is 31. The fourth-order valence-electron chi connectivity index (χ4n) is 12.8. The molecular weight excluding hydrogens is 1810 g/mol. The molecule has 7 N–H and O–H groups in total.